The Bertz CT molecular complexity index is 525. The lowest BCUT2D eigenvalue weighted by molar-refractivity contribution is 0.219. The Hall–Kier alpha value is -1.88. The van der Waals surface area contributed by atoms with Gasteiger partial charge in [0.25, 0.3) is 0 Å². The van der Waals surface area contributed by atoms with E-state index in [1.807, 2.05) is 25.2 Å². The average Bonchev–Trinajstić information content (AvgIpc) is 2.75. The van der Waals surface area contributed by atoms with E-state index in [-0.39, 0.29) is 0 Å². The molecule has 0 saturated carbocycles. The first kappa shape index (κ1) is 13.5. The quantitative estimate of drug-likeness (QED) is 0.798. The van der Waals surface area contributed by atoms with Crippen LogP contribution in [0, 0.1) is 13.8 Å². The minimum atomic E-state index is 0.597. The third-order valence-electron chi connectivity index (χ3n) is 2.70. The van der Waals surface area contributed by atoms with Crippen molar-refractivity contribution in [3.05, 3.63) is 41.6 Å². The van der Waals surface area contributed by atoms with E-state index in [2.05, 4.69) is 28.1 Å². The first-order chi connectivity index (χ1) is 9.13. The maximum atomic E-state index is 5.69. The van der Waals surface area contributed by atoms with Crippen LogP contribution in [-0.4, -0.2) is 35.3 Å². The lowest BCUT2D eigenvalue weighted by Crippen LogP contribution is -2.24. The average molecular weight is 261 g/mol. The zero-order valence-electron chi connectivity index (χ0n) is 11.6. The number of aromatic nitrogens is 2. The Kier molecular flexibility index (Phi) is 4.52. The molecule has 19 heavy (non-hydrogen) atoms. The van der Waals surface area contributed by atoms with Crippen LogP contribution in [-0.2, 0) is 6.54 Å². The number of ether oxygens (including phenoxy) is 1. The van der Waals surface area contributed by atoms with Gasteiger partial charge in [-0.3, -0.25) is 4.90 Å². The second-order valence-electron chi connectivity index (χ2n) is 4.62. The highest BCUT2D eigenvalue weighted by atomic mass is 16.5. The number of hydrogen-bond donors (Lipinski definition) is 0. The fraction of sp³-hybridized carbons (Fsp3) is 0.429. The Morgan fingerprint density at radius 2 is 2.11 bits per heavy atom. The molecule has 2 aromatic rings. The molecule has 1 aromatic carbocycles. The number of nitrogens with zero attached hydrogens (tertiary/aromatic N) is 3. The van der Waals surface area contributed by atoms with Crippen LogP contribution in [0.15, 0.2) is 28.7 Å². The number of rotatable bonds is 6. The van der Waals surface area contributed by atoms with E-state index < -0.39 is 0 Å². The van der Waals surface area contributed by atoms with Gasteiger partial charge in [-0.1, -0.05) is 12.1 Å². The van der Waals surface area contributed by atoms with Crippen LogP contribution in [0.5, 0.6) is 5.75 Å². The molecule has 0 N–H and O–H groups in total. The summed E-state index contributed by atoms with van der Waals surface area (Å²) in [5.41, 5.74) is 1.20. The summed E-state index contributed by atoms with van der Waals surface area (Å²) in [5.74, 6) is 2.14. The van der Waals surface area contributed by atoms with E-state index in [4.69, 9.17) is 9.15 Å². The van der Waals surface area contributed by atoms with Crippen LogP contribution in [0.25, 0.3) is 0 Å². The molecule has 0 spiro atoms. The molecule has 1 aromatic heterocycles. The molecule has 0 bridgehead atoms. The molecule has 0 aliphatic carbocycles. The molecule has 0 radical (unpaired) electrons. The smallest absolute Gasteiger partial charge is 0.230 e. The molecule has 102 valence electrons. The lowest BCUT2D eigenvalue weighted by Gasteiger charge is -2.14. The van der Waals surface area contributed by atoms with Gasteiger partial charge in [0.15, 0.2) is 0 Å². The minimum Gasteiger partial charge on any atom is -0.492 e. The normalized spacial score (nSPS) is 10.9. The zero-order valence-corrected chi connectivity index (χ0v) is 11.6. The van der Waals surface area contributed by atoms with Gasteiger partial charge in [-0.15, -0.1) is 10.2 Å². The van der Waals surface area contributed by atoms with Crippen LogP contribution in [0.3, 0.4) is 0 Å². The number of hydrogen-bond acceptors (Lipinski definition) is 5. The van der Waals surface area contributed by atoms with Gasteiger partial charge >= 0.3 is 0 Å². The first-order valence-corrected chi connectivity index (χ1v) is 6.30. The van der Waals surface area contributed by atoms with E-state index >= 15 is 0 Å². The lowest BCUT2D eigenvalue weighted by atomic mass is 10.2. The van der Waals surface area contributed by atoms with Crippen LogP contribution in [0.2, 0.25) is 0 Å². The largest absolute Gasteiger partial charge is 0.492 e. The van der Waals surface area contributed by atoms with E-state index in [9.17, 15) is 0 Å². The number of benzene rings is 1. The van der Waals surface area contributed by atoms with Gasteiger partial charge in [0.05, 0.1) is 6.54 Å². The molecule has 0 unspecified atom stereocenters. The fourth-order valence-corrected chi connectivity index (χ4v) is 1.74. The Labute approximate surface area is 113 Å². The molecule has 0 aliphatic rings. The van der Waals surface area contributed by atoms with Crippen molar-refractivity contribution in [2.24, 2.45) is 0 Å². The summed E-state index contributed by atoms with van der Waals surface area (Å²) in [6.45, 7) is 5.91. The summed E-state index contributed by atoms with van der Waals surface area (Å²) in [6.07, 6.45) is 0. The maximum Gasteiger partial charge on any atom is 0.230 e. The van der Waals surface area contributed by atoms with Crippen molar-refractivity contribution >= 4 is 0 Å². The van der Waals surface area contributed by atoms with Crippen LogP contribution >= 0.6 is 0 Å². The van der Waals surface area contributed by atoms with Crippen molar-refractivity contribution in [2.45, 2.75) is 20.4 Å². The fourth-order valence-electron chi connectivity index (χ4n) is 1.74. The highest BCUT2D eigenvalue weighted by Crippen LogP contribution is 2.12. The summed E-state index contributed by atoms with van der Waals surface area (Å²) in [4.78, 5) is 2.09. The van der Waals surface area contributed by atoms with Gasteiger partial charge in [0, 0.05) is 13.5 Å². The molecular formula is C14H19N3O2. The van der Waals surface area contributed by atoms with Crippen molar-refractivity contribution in [1.29, 1.82) is 0 Å². The van der Waals surface area contributed by atoms with E-state index in [1.54, 1.807) is 6.92 Å². The zero-order chi connectivity index (χ0) is 13.7. The maximum absolute atomic E-state index is 5.69. The third-order valence-corrected chi connectivity index (χ3v) is 2.70. The number of aryl methyl sites for hydroxylation is 2. The Balaban J connectivity index is 1.73. The summed E-state index contributed by atoms with van der Waals surface area (Å²) < 4.78 is 11.0. The molecule has 0 saturated heterocycles. The highest BCUT2D eigenvalue weighted by molar-refractivity contribution is 5.27. The molecule has 5 nitrogen and oxygen atoms in total. The van der Waals surface area contributed by atoms with Gasteiger partial charge in [0.1, 0.15) is 12.4 Å². The van der Waals surface area contributed by atoms with E-state index in [0.717, 1.165) is 12.3 Å². The third kappa shape index (κ3) is 4.37. The molecule has 5 heteroatoms. The highest BCUT2D eigenvalue weighted by Gasteiger charge is 2.06. The molecule has 0 atom stereocenters. The monoisotopic (exact) mass is 261 g/mol. The van der Waals surface area contributed by atoms with Crippen LogP contribution in [0.1, 0.15) is 17.3 Å². The SMILES string of the molecule is Cc1cccc(OCCN(C)Cc2nnc(C)o2)c1. The van der Waals surface area contributed by atoms with Gasteiger partial charge in [-0.25, -0.2) is 0 Å². The van der Waals surface area contributed by atoms with Crippen molar-refractivity contribution < 1.29 is 9.15 Å². The molecule has 0 fully saturated rings. The van der Waals surface area contributed by atoms with Crippen molar-refractivity contribution in [3.63, 3.8) is 0 Å². The molecule has 0 aliphatic heterocycles. The summed E-state index contributed by atoms with van der Waals surface area (Å²) in [7, 11) is 2.00. The molecule has 1 heterocycles. The standard InChI is InChI=1S/C14H19N3O2/c1-11-5-4-6-13(9-11)18-8-7-17(3)10-14-16-15-12(2)19-14/h4-6,9H,7-8,10H2,1-3H3. The van der Waals surface area contributed by atoms with E-state index in [0.29, 0.717) is 24.9 Å². The molecule has 2 rings (SSSR count). The van der Waals surface area contributed by atoms with Crippen molar-refractivity contribution in [1.82, 2.24) is 15.1 Å². The van der Waals surface area contributed by atoms with Crippen LogP contribution in [0.4, 0.5) is 0 Å². The topological polar surface area (TPSA) is 51.4 Å². The predicted octanol–water partition coefficient (Wildman–Crippen LogP) is 2.20. The van der Waals surface area contributed by atoms with Crippen LogP contribution < -0.4 is 4.74 Å². The minimum absolute atomic E-state index is 0.597. The second kappa shape index (κ2) is 6.33. The second-order valence-corrected chi connectivity index (χ2v) is 4.62. The predicted molar refractivity (Wildman–Crippen MR) is 72.0 cm³/mol. The summed E-state index contributed by atoms with van der Waals surface area (Å²) in [6, 6.07) is 8.04. The molecule has 0 amide bonds. The van der Waals surface area contributed by atoms with E-state index in [1.165, 1.54) is 5.56 Å². The van der Waals surface area contributed by atoms with Crippen molar-refractivity contribution in [2.75, 3.05) is 20.2 Å². The first-order valence-electron chi connectivity index (χ1n) is 6.30. The van der Waals surface area contributed by atoms with Gasteiger partial charge in [-0.2, -0.15) is 0 Å². The number of likely N-dealkylation sites (N-methyl/N-ethyl adjacent to an activating group) is 1. The Morgan fingerprint density at radius 1 is 1.26 bits per heavy atom. The molecular weight excluding hydrogens is 242 g/mol. The van der Waals surface area contributed by atoms with Gasteiger partial charge < -0.3 is 9.15 Å². The van der Waals surface area contributed by atoms with Crippen molar-refractivity contribution in [3.8, 4) is 5.75 Å². The summed E-state index contributed by atoms with van der Waals surface area (Å²) >= 11 is 0. The van der Waals surface area contributed by atoms with Gasteiger partial charge in [-0.05, 0) is 31.7 Å². The summed E-state index contributed by atoms with van der Waals surface area (Å²) in [5, 5.41) is 7.77. The Morgan fingerprint density at radius 3 is 2.79 bits per heavy atom. The van der Waals surface area contributed by atoms with Gasteiger partial charge in [0.2, 0.25) is 11.8 Å².